The number of carbonyl (C=O) groups excluding carboxylic acids is 2. The molecule has 1 aromatic heterocycles. The summed E-state index contributed by atoms with van der Waals surface area (Å²) in [7, 11) is 1.33. The second-order valence-electron chi connectivity index (χ2n) is 3.67. The van der Waals surface area contributed by atoms with E-state index in [1.54, 1.807) is 0 Å². The lowest BCUT2D eigenvalue weighted by Crippen LogP contribution is -2.40. The van der Waals surface area contributed by atoms with Crippen molar-refractivity contribution in [2.24, 2.45) is 0 Å². The monoisotopic (exact) mass is 223 g/mol. The van der Waals surface area contributed by atoms with E-state index < -0.39 is 6.04 Å². The highest BCUT2D eigenvalue weighted by Gasteiger charge is 2.35. The molecule has 2 heterocycles. The highest BCUT2D eigenvalue weighted by molar-refractivity contribution is 5.96. The molecule has 1 fully saturated rings. The van der Waals surface area contributed by atoms with Crippen molar-refractivity contribution in [1.29, 1.82) is 0 Å². The summed E-state index contributed by atoms with van der Waals surface area (Å²) >= 11 is 0. The molecule has 6 heteroatoms. The molecule has 0 aliphatic carbocycles. The molecule has 0 bridgehead atoms. The summed E-state index contributed by atoms with van der Waals surface area (Å²) in [6, 6.07) is -0.451. The molecular formula is C10H13N3O3. The van der Waals surface area contributed by atoms with E-state index in [1.807, 2.05) is 0 Å². The van der Waals surface area contributed by atoms with E-state index in [2.05, 4.69) is 14.9 Å². The molecule has 0 aromatic carbocycles. The van der Waals surface area contributed by atoms with Crippen molar-refractivity contribution in [1.82, 2.24) is 15.1 Å². The second kappa shape index (κ2) is 4.34. The van der Waals surface area contributed by atoms with Crippen LogP contribution < -0.4 is 0 Å². The maximum absolute atomic E-state index is 12.0. The summed E-state index contributed by atoms with van der Waals surface area (Å²) in [4.78, 5) is 25.0. The minimum absolute atomic E-state index is 0.179. The molecule has 86 valence electrons. The van der Waals surface area contributed by atoms with Gasteiger partial charge in [-0.2, -0.15) is 5.10 Å². The number of aromatic amines is 1. The van der Waals surface area contributed by atoms with Crippen LogP contribution in [0.15, 0.2) is 12.4 Å². The van der Waals surface area contributed by atoms with Gasteiger partial charge < -0.3 is 9.64 Å². The molecule has 16 heavy (non-hydrogen) atoms. The van der Waals surface area contributed by atoms with Crippen LogP contribution in [0.25, 0.3) is 0 Å². The van der Waals surface area contributed by atoms with Crippen molar-refractivity contribution < 1.29 is 14.3 Å². The smallest absolute Gasteiger partial charge is 0.328 e. The normalized spacial score (nSPS) is 19.8. The first-order valence-corrected chi connectivity index (χ1v) is 5.11. The molecule has 1 N–H and O–H groups in total. The Morgan fingerprint density at radius 3 is 3.06 bits per heavy atom. The Bertz CT molecular complexity index is 388. The number of nitrogens with zero attached hydrogens (tertiary/aromatic N) is 2. The van der Waals surface area contributed by atoms with E-state index in [-0.39, 0.29) is 11.9 Å². The third-order valence-corrected chi connectivity index (χ3v) is 2.73. The van der Waals surface area contributed by atoms with Crippen molar-refractivity contribution >= 4 is 11.9 Å². The Balaban J connectivity index is 2.14. The fourth-order valence-corrected chi connectivity index (χ4v) is 1.92. The van der Waals surface area contributed by atoms with Crippen molar-refractivity contribution in [3.63, 3.8) is 0 Å². The fraction of sp³-hybridized carbons (Fsp3) is 0.500. The number of nitrogens with one attached hydrogen (secondary N) is 1. The fourth-order valence-electron chi connectivity index (χ4n) is 1.92. The zero-order valence-electron chi connectivity index (χ0n) is 8.97. The van der Waals surface area contributed by atoms with Crippen LogP contribution in [0, 0.1) is 0 Å². The maximum atomic E-state index is 12.0. The lowest BCUT2D eigenvalue weighted by atomic mass is 10.2. The molecule has 1 atom stereocenters. The molecule has 6 nitrogen and oxygen atoms in total. The average molecular weight is 223 g/mol. The Hall–Kier alpha value is -1.85. The lowest BCUT2D eigenvalue weighted by Gasteiger charge is -2.21. The van der Waals surface area contributed by atoms with Gasteiger partial charge in [-0.1, -0.05) is 0 Å². The summed E-state index contributed by atoms with van der Waals surface area (Å²) in [6.07, 6.45) is 4.46. The van der Waals surface area contributed by atoms with Crippen molar-refractivity contribution in [2.75, 3.05) is 13.7 Å². The summed E-state index contributed by atoms with van der Waals surface area (Å²) in [6.45, 7) is 0.587. The molecule has 0 spiro atoms. The number of rotatable bonds is 2. The van der Waals surface area contributed by atoms with Gasteiger partial charge in [-0.3, -0.25) is 9.89 Å². The first-order chi connectivity index (χ1) is 7.74. The first-order valence-electron chi connectivity index (χ1n) is 5.11. The number of ether oxygens (including phenoxy) is 1. The topological polar surface area (TPSA) is 75.3 Å². The predicted molar refractivity (Wildman–Crippen MR) is 54.7 cm³/mol. The molecule has 0 unspecified atom stereocenters. The third-order valence-electron chi connectivity index (χ3n) is 2.73. The quantitative estimate of drug-likeness (QED) is 0.726. The molecule has 2 rings (SSSR count). The van der Waals surface area contributed by atoms with Crippen LogP contribution in [-0.4, -0.2) is 46.7 Å². The summed E-state index contributed by atoms with van der Waals surface area (Å²) in [5, 5.41) is 6.29. The zero-order valence-corrected chi connectivity index (χ0v) is 8.97. The van der Waals surface area contributed by atoms with E-state index in [1.165, 1.54) is 24.4 Å². The standard InChI is InChI=1S/C10H13N3O3/c1-16-10(15)8-3-2-4-13(8)9(14)7-5-11-12-6-7/h5-6,8H,2-4H2,1H3,(H,11,12)/t8-/m0/s1. The number of likely N-dealkylation sites (tertiary alicyclic amines) is 1. The van der Waals surface area contributed by atoms with Crippen molar-refractivity contribution in [3.8, 4) is 0 Å². The van der Waals surface area contributed by atoms with Crippen LogP contribution in [0.5, 0.6) is 0 Å². The van der Waals surface area contributed by atoms with Gasteiger partial charge in [0.05, 0.1) is 18.9 Å². The molecule has 0 radical (unpaired) electrons. The number of esters is 1. The van der Waals surface area contributed by atoms with Crippen LogP contribution in [-0.2, 0) is 9.53 Å². The average Bonchev–Trinajstić information content (AvgIpc) is 2.97. The van der Waals surface area contributed by atoms with Crippen molar-refractivity contribution in [2.45, 2.75) is 18.9 Å². The van der Waals surface area contributed by atoms with Gasteiger partial charge in [-0.15, -0.1) is 0 Å². The van der Waals surface area contributed by atoms with Gasteiger partial charge in [0.1, 0.15) is 6.04 Å². The molecule has 1 aromatic rings. The molecule has 0 saturated carbocycles. The van der Waals surface area contributed by atoms with Crippen LogP contribution in [0.4, 0.5) is 0 Å². The Labute approximate surface area is 92.6 Å². The van der Waals surface area contributed by atoms with Gasteiger partial charge in [0, 0.05) is 12.7 Å². The van der Waals surface area contributed by atoms with Crippen LogP contribution in [0.3, 0.4) is 0 Å². The number of carbonyl (C=O) groups is 2. The number of hydrogen-bond acceptors (Lipinski definition) is 4. The third kappa shape index (κ3) is 1.78. The van der Waals surface area contributed by atoms with Crippen molar-refractivity contribution in [3.05, 3.63) is 18.0 Å². The molecule has 1 aliphatic heterocycles. The SMILES string of the molecule is COC(=O)[C@@H]1CCCN1C(=O)c1cn[nH]c1. The number of amides is 1. The summed E-state index contributed by atoms with van der Waals surface area (Å²) in [5.74, 6) is -0.531. The van der Waals surface area contributed by atoms with Gasteiger partial charge >= 0.3 is 5.97 Å². The lowest BCUT2D eigenvalue weighted by molar-refractivity contribution is -0.145. The zero-order chi connectivity index (χ0) is 11.5. The van der Waals surface area contributed by atoms with E-state index in [0.717, 1.165) is 6.42 Å². The van der Waals surface area contributed by atoms with Gasteiger partial charge in [0.2, 0.25) is 0 Å². The van der Waals surface area contributed by atoms with Gasteiger partial charge in [0.15, 0.2) is 0 Å². The number of methoxy groups -OCH3 is 1. The number of aromatic nitrogens is 2. The van der Waals surface area contributed by atoms with Crippen LogP contribution in [0.2, 0.25) is 0 Å². The van der Waals surface area contributed by atoms with E-state index in [0.29, 0.717) is 18.5 Å². The molecule has 1 aliphatic rings. The minimum atomic E-state index is -0.451. The number of hydrogen-bond donors (Lipinski definition) is 1. The second-order valence-corrected chi connectivity index (χ2v) is 3.67. The Morgan fingerprint density at radius 2 is 2.44 bits per heavy atom. The maximum Gasteiger partial charge on any atom is 0.328 e. The predicted octanol–water partition coefficient (Wildman–Crippen LogP) is 0.187. The van der Waals surface area contributed by atoms with Gasteiger partial charge in [-0.25, -0.2) is 4.79 Å². The van der Waals surface area contributed by atoms with Gasteiger partial charge in [-0.05, 0) is 12.8 Å². The molecule has 1 amide bonds. The molecule has 1 saturated heterocycles. The van der Waals surface area contributed by atoms with Crippen LogP contribution in [0.1, 0.15) is 23.2 Å². The highest BCUT2D eigenvalue weighted by Crippen LogP contribution is 2.20. The highest BCUT2D eigenvalue weighted by atomic mass is 16.5. The van der Waals surface area contributed by atoms with E-state index >= 15 is 0 Å². The number of H-pyrrole nitrogens is 1. The molecular weight excluding hydrogens is 210 g/mol. The first kappa shape index (κ1) is 10.7. The van der Waals surface area contributed by atoms with E-state index in [4.69, 9.17) is 0 Å². The largest absolute Gasteiger partial charge is 0.467 e. The Kier molecular flexibility index (Phi) is 2.89. The summed E-state index contributed by atoms with van der Waals surface area (Å²) in [5.41, 5.74) is 0.468. The summed E-state index contributed by atoms with van der Waals surface area (Å²) < 4.78 is 4.68. The van der Waals surface area contributed by atoms with Crippen LogP contribution >= 0.6 is 0 Å². The Morgan fingerprint density at radius 1 is 1.62 bits per heavy atom. The minimum Gasteiger partial charge on any atom is -0.467 e. The van der Waals surface area contributed by atoms with E-state index in [9.17, 15) is 9.59 Å². The van der Waals surface area contributed by atoms with Gasteiger partial charge in [0.25, 0.3) is 5.91 Å².